The van der Waals surface area contributed by atoms with Crippen LogP contribution in [0.4, 0.5) is 5.69 Å². The van der Waals surface area contributed by atoms with Gasteiger partial charge in [-0.3, -0.25) is 4.21 Å². The third-order valence-electron chi connectivity index (χ3n) is 2.43. The smallest absolute Gasteiger partial charge is 0.0684 e. The van der Waals surface area contributed by atoms with Crippen LogP contribution >= 0.6 is 15.9 Å². The number of hydrogen-bond acceptors (Lipinski definition) is 3. The van der Waals surface area contributed by atoms with Gasteiger partial charge in [-0.05, 0) is 38.5 Å². The van der Waals surface area contributed by atoms with Crippen LogP contribution in [0.3, 0.4) is 0 Å². The van der Waals surface area contributed by atoms with Crippen molar-refractivity contribution in [1.29, 1.82) is 5.26 Å². The lowest BCUT2D eigenvalue weighted by Gasteiger charge is -2.14. The maximum atomic E-state index is 12.0. The molecular weight excluding hydrogens is 300 g/mol. The van der Waals surface area contributed by atoms with E-state index in [1.165, 1.54) is 0 Å². The molecule has 0 aliphatic carbocycles. The van der Waals surface area contributed by atoms with E-state index in [-0.39, 0.29) is 0 Å². The van der Waals surface area contributed by atoms with Gasteiger partial charge in [0.05, 0.1) is 27.2 Å². The van der Waals surface area contributed by atoms with E-state index in [1.54, 1.807) is 12.1 Å². The summed E-state index contributed by atoms with van der Waals surface area (Å²) in [5, 5.41) is 8.89. The first kappa shape index (κ1) is 14.2. The highest BCUT2D eigenvalue weighted by molar-refractivity contribution is 9.10. The molecule has 3 nitrogen and oxygen atoms in total. The number of halogens is 1. The first-order valence-electron chi connectivity index (χ1n) is 5.20. The molecule has 0 amide bonds. The predicted molar refractivity (Wildman–Crippen MR) is 73.8 cm³/mol. The summed E-state index contributed by atoms with van der Waals surface area (Å²) >= 11 is 3.31. The topological polar surface area (TPSA) is 66.9 Å². The molecule has 1 aromatic rings. The Bertz CT molecular complexity index is 480. The van der Waals surface area contributed by atoms with Crippen LogP contribution in [0.2, 0.25) is 0 Å². The molecule has 5 heteroatoms. The van der Waals surface area contributed by atoms with E-state index in [4.69, 9.17) is 11.0 Å². The Balaban J connectivity index is 2.75. The van der Waals surface area contributed by atoms with Gasteiger partial charge in [0.1, 0.15) is 0 Å². The summed E-state index contributed by atoms with van der Waals surface area (Å²) < 4.78 is 12.9. The molecule has 0 aliphatic heterocycles. The van der Waals surface area contributed by atoms with Gasteiger partial charge in [-0.15, -0.1) is 0 Å². The summed E-state index contributed by atoms with van der Waals surface area (Å²) in [5.41, 5.74) is 5.88. The Hall–Kier alpha value is -0.860. The fourth-order valence-electron chi connectivity index (χ4n) is 1.24. The number of nitrogens with zero attached hydrogens (tertiary/aromatic N) is 1. The van der Waals surface area contributed by atoms with Crippen molar-refractivity contribution >= 4 is 32.4 Å². The lowest BCUT2D eigenvalue weighted by atomic mass is 9.93. The first-order valence-corrected chi connectivity index (χ1v) is 7.31. The van der Waals surface area contributed by atoms with Gasteiger partial charge in [0.25, 0.3) is 0 Å². The highest BCUT2D eigenvalue weighted by Gasteiger charge is 2.19. The van der Waals surface area contributed by atoms with Crippen molar-refractivity contribution in [3.8, 4) is 6.07 Å². The van der Waals surface area contributed by atoms with Crippen molar-refractivity contribution in [3.05, 3.63) is 22.7 Å². The van der Waals surface area contributed by atoms with Crippen LogP contribution in [0.25, 0.3) is 0 Å². The van der Waals surface area contributed by atoms with E-state index in [0.29, 0.717) is 22.8 Å². The summed E-state index contributed by atoms with van der Waals surface area (Å²) in [4.78, 5) is 0.641. The molecule has 0 bridgehead atoms. The van der Waals surface area contributed by atoms with Crippen LogP contribution in [-0.2, 0) is 10.8 Å². The molecule has 0 radical (unpaired) electrons. The molecule has 1 unspecified atom stereocenters. The fourth-order valence-corrected chi connectivity index (χ4v) is 3.08. The van der Waals surface area contributed by atoms with Crippen LogP contribution in [0, 0.1) is 16.7 Å². The quantitative estimate of drug-likeness (QED) is 0.868. The van der Waals surface area contributed by atoms with E-state index in [0.717, 1.165) is 4.47 Å². The zero-order chi connectivity index (χ0) is 13.1. The minimum absolute atomic E-state index is 0.445. The van der Waals surface area contributed by atoms with E-state index in [9.17, 15) is 4.21 Å². The lowest BCUT2D eigenvalue weighted by molar-refractivity contribution is 0.479. The fraction of sp³-hybridized carbons (Fsp3) is 0.417. The molecule has 1 rings (SSSR count). The Labute approximate surface area is 113 Å². The molecule has 0 fully saturated rings. The van der Waals surface area contributed by atoms with E-state index in [1.807, 2.05) is 19.9 Å². The maximum Gasteiger partial charge on any atom is 0.0684 e. The minimum atomic E-state index is -1.15. The summed E-state index contributed by atoms with van der Waals surface area (Å²) in [6, 6.07) is 7.51. The highest BCUT2D eigenvalue weighted by atomic mass is 79.9. The number of nitrogen functional groups attached to an aromatic ring is 1. The Morgan fingerprint density at radius 3 is 2.71 bits per heavy atom. The van der Waals surface area contributed by atoms with Crippen LogP contribution < -0.4 is 5.73 Å². The van der Waals surface area contributed by atoms with Gasteiger partial charge < -0.3 is 5.73 Å². The van der Waals surface area contributed by atoms with Gasteiger partial charge in [-0.1, -0.05) is 15.9 Å². The monoisotopic (exact) mass is 314 g/mol. The van der Waals surface area contributed by atoms with Crippen molar-refractivity contribution in [2.45, 2.75) is 25.2 Å². The molecule has 17 heavy (non-hydrogen) atoms. The van der Waals surface area contributed by atoms with Gasteiger partial charge in [0, 0.05) is 15.9 Å². The SMILES string of the molecule is CC(C)(C#N)CCS(=O)c1ccc(Br)cc1N. The maximum absolute atomic E-state index is 12.0. The normalized spacial score (nSPS) is 13.1. The number of hydrogen-bond donors (Lipinski definition) is 1. The average molecular weight is 315 g/mol. The second kappa shape index (κ2) is 5.65. The second-order valence-corrected chi connectivity index (χ2v) is 6.93. The summed E-state index contributed by atoms with van der Waals surface area (Å²) in [7, 11) is -1.15. The van der Waals surface area contributed by atoms with Crippen LogP contribution in [-0.4, -0.2) is 9.96 Å². The molecule has 1 aromatic carbocycles. The number of nitriles is 1. The lowest BCUT2D eigenvalue weighted by Crippen LogP contribution is -2.13. The number of anilines is 1. The van der Waals surface area contributed by atoms with Gasteiger partial charge >= 0.3 is 0 Å². The molecule has 1 atom stereocenters. The molecule has 2 N–H and O–H groups in total. The largest absolute Gasteiger partial charge is 0.398 e. The second-order valence-electron chi connectivity index (χ2n) is 4.48. The highest BCUT2D eigenvalue weighted by Crippen LogP contribution is 2.25. The Morgan fingerprint density at radius 2 is 2.18 bits per heavy atom. The zero-order valence-electron chi connectivity index (χ0n) is 9.87. The van der Waals surface area contributed by atoms with E-state index < -0.39 is 16.2 Å². The number of rotatable bonds is 4. The molecule has 0 heterocycles. The molecule has 92 valence electrons. The average Bonchev–Trinajstić information content (AvgIpc) is 2.26. The predicted octanol–water partition coefficient (Wildman–Crippen LogP) is 3.08. The molecular formula is C12H15BrN2OS. The Morgan fingerprint density at radius 1 is 1.53 bits per heavy atom. The molecule has 0 spiro atoms. The van der Waals surface area contributed by atoms with E-state index in [2.05, 4.69) is 22.0 Å². The Kier molecular flexibility index (Phi) is 4.72. The standard InChI is InChI=1S/C12H15BrN2OS/c1-12(2,8-14)5-6-17(16)11-4-3-9(13)7-10(11)15/h3-4,7H,5-6,15H2,1-2H3. The molecule has 0 aromatic heterocycles. The van der Waals surface area contributed by atoms with Crippen LogP contribution in [0.15, 0.2) is 27.6 Å². The zero-order valence-corrected chi connectivity index (χ0v) is 12.3. The summed E-state index contributed by atoms with van der Waals surface area (Å²) in [6.45, 7) is 3.68. The summed E-state index contributed by atoms with van der Waals surface area (Å²) in [5.74, 6) is 0.451. The van der Waals surface area contributed by atoms with Crippen molar-refractivity contribution in [2.24, 2.45) is 5.41 Å². The third-order valence-corrected chi connectivity index (χ3v) is 4.36. The molecule has 0 saturated carbocycles. The summed E-state index contributed by atoms with van der Waals surface area (Å²) in [6.07, 6.45) is 0.589. The van der Waals surface area contributed by atoms with Gasteiger partial charge in [0.15, 0.2) is 0 Å². The van der Waals surface area contributed by atoms with Gasteiger partial charge in [-0.25, -0.2) is 0 Å². The van der Waals surface area contributed by atoms with Crippen LogP contribution in [0.1, 0.15) is 20.3 Å². The third kappa shape index (κ3) is 4.14. The van der Waals surface area contributed by atoms with Crippen molar-refractivity contribution in [2.75, 3.05) is 11.5 Å². The molecule has 0 aliphatic rings. The van der Waals surface area contributed by atoms with Gasteiger partial charge in [0.2, 0.25) is 0 Å². The number of nitrogens with two attached hydrogens (primary N) is 1. The van der Waals surface area contributed by atoms with Crippen molar-refractivity contribution in [3.63, 3.8) is 0 Å². The number of benzene rings is 1. The first-order chi connectivity index (χ1) is 7.85. The van der Waals surface area contributed by atoms with E-state index >= 15 is 0 Å². The van der Waals surface area contributed by atoms with Crippen LogP contribution in [0.5, 0.6) is 0 Å². The van der Waals surface area contributed by atoms with Gasteiger partial charge in [-0.2, -0.15) is 5.26 Å². The molecule has 0 saturated heterocycles. The van der Waals surface area contributed by atoms with Crippen molar-refractivity contribution in [1.82, 2.24) is 0 Å². The van der Waals surface area contributed by atoms with Crippen molar-refractivity contribution < 1.29 is 4.21 Å². The minimum Gasteiger partial charge on any atom is -0.398 e.